The lowest BCUT2D eigenvalue weighted by molar-refractivity contribution is 0.0953. The fourth-order valence-electron chi connectivity index (χ4n) is 1.68. The van der Waals surface area contributed by atoms with Crippen LogP contribution in [-0.4, -0.2) is 27.4 Å². The molecule has 1 heterocycles. The minimum atomic E-state index is -0.198. The zero-order chi connectivity index (χ0) is 13.7. The maximum atomic E-state index is 11.9. The van der Waals surface area contributed by atoms with Crippen molar-refractivity contribution >= 4 is 17.3 Å². The van der Waals surface area contributed by atoms with Gasteiger partial charge in [-0.3, -0.25) is 9.48 Å². The van der Waals surface area contributed by atoms with Gasteiger partial charge in [0, 0.05) is 30.7 Å². The van der Waals surface area contributed by atoms with Crippen LogP contribution in [0.1, 0.15) is 16.8 Å². The molecule has 1 aromatic heterocycles. The zero-order valence-corrected chi connectivity index (χ0v) is 10.4. The molecule has 19 heavy (non-hydrogen) atoms. The van der Waals surface area contributed by atoms with E-state index in [1.807, 2.05) is 0 Å². The molecule has 0 spiro atoms. The number of anilines is 2. The number of carbonyl (C=O) groups is 1. The van der Waals surface area contributed by atoms with Crippen LogP contribution in [0.5, 0.6) is 0 Å². The molecule has 0 atom stereocenters. The van der Waals surface area contributed by atoms with Gasteiger partial charge in [0.1, 0.15) is 0 Å². The molecule has 0 fully saturated rings. The number of hydrogen-bond donors (Lipinski definition) is 3. The number of nitrogen functional groups attached to an aromatic ring is 2. The van der Waals surface area contributed by atoms with Gasteiger partial charge in [-0.1, -0.05) is 5.21 Å². The van der Waals surface area contributed by atoms with Gasteiger partial charge in [0.05, 0.1) is 11.8 Å². The van der Waals surface area contributed by atoms with Crippen LogP contribution in [0.2, 0.25) is 0 Å². The summed E-state index contributed by atoms with van der Waals surface area (Å²) in [7, 11) is 0. The van der Waals surface area contributed by atoms with Crippen molar-refractivity contribution in [3.05, 3.63) is 36.2 Å². The lowest BCUT2D eigenvalue weighted by Crippen LogP contribution is -2.26. The Bertz CT molecular complexity index is 551. The molecular formula is C12H16N6O. The fraction of sp³-hybridized carbons (Fsp3) is 0.250. The first-order valence-corrected chi connectivity index (χ1v) is 5.94. The van der Waals surface area contributed by atoms with Gasteiger partial charge >= 0.3 is 0 Å². The van der Waals surface area contributed by atoms with Gasteiger partial charge in [-0.05, 0) is 24.6 Å². The van der Waals surface area contributed by atoms with E-state index < -0.39 is 0 Å². The number of amides is 1. The normalized spacial score (nSPS) is 10.3. The lowest BCUT2D eigenvalue weighted by atomic mass is 10.1. The summed E-state index contributed by atoms with van der Waals surface area (Å²) >= 11 is 0. The van der Waals surface area contributed by atoms with Gasteiger partial charge in [-0.2, -0.15) is 0 Å². The van der Waals surface area contributed by atoms with E-state index in [9.17, 15) is 4.79 Å². The summed E-state index contributed by atoms with van der Waals surface area (Å²) in [5.74, 6) is -0.198. The van der Waals surface area contributed by atoms with Crippen LogP contribution in [0, 0.1) is 0 Å². The number of carbonyl (C=O) groups excluding carboxylic acids is 1. The maximum Gasteiger partial charge on any atom is 0.253 e. The number of nitrogens with one attached hydrogen (secondary N) is 1. The maximum absolute atomic E-state index is 11.9. The molecule has 7 nitrogen and oxygen atoms in total. The van der Waals surface area contributed by atoms with E-state index in [1.165, 1.54) is 0 Å². The molecule has 0 aliphatic rings. The van der Waals surface area contributed by atoms with Crippen LogP contribution in [0.25, 0.3) is 0 Å². The second kappa shape index (κ2) is 5.85. The molecule has 0 bridgehead atoms. The van der Waals surface area contributed by atoms with Crippen molar-refractivity contribution in [1.82, 2.24) is 20.3 Å². The predicted octanol–water partition coefficient (Wildman–Crippen LogP) is 0.263. The van der Waals surface area contributed by atoms with E-state index in [0.717, 1.165) is 6.42 Å². The average Bonchev–Trinajstić information content (AvgIpc) is 2.87. The highest BCUT2D eigenvalue weighted by Gasteiger charge is 2.08. The molecular weight excluding hydrogens is 244 g/mol. The van der Waals surface area contributed by atoms with Crippen molar-refractivity contribution in [1.29, 1.82) is 0 Å². The smallest absolute Gasteiger partial charge is 0.253 e. The highest BCUT2D eigenvalue weighted by atomic mass is 16.1. The van der Waals surface area contributed by atoms with E-state index in [1.54, 1.807) is 35.3 Å². The molecule has 0 saturated heterocycles. The molecule has 5 N–H and O–H groups in total. The van der Waals surface area contributed by atoms with Crippen molar-refractivity contribution in [2.24, 2.45) is 0 Å². The molecule has 100 valence electrons. The van der Waals surface area contributed by atoms with Crippen LogP contribution in [-0.2, 0) is 6.54 Å². The second-order valence-corrected chi connectivity index (χ2v) is 4.12. The van der Waals surface area contributed by atoms with Gasteiger partial charge in [0.15, 0.2) is 0 Å². The van der Waals surface area contributed by atoms with E-state index >= 15 is 0 Å². The topological polar surface area (TPSA) is 112 Å². The van der Waals surface area contributed by atoms with Crippen molar-refractivity contribution in [2.45, 2.75) is 13.0 Å². The summed E-state index contributed by atoms with van der Waals surface area (Å²) in [4.78, 5) is 11.9. The van der Waals surface area contributed by atoms with E-state index in [2.05, 4.69) is 15.6 Å². The molecule has 0 aliphatic heterocycles. The Labute approximate surface area is 110 Å². The Morgan fingerprint density at radius 1 is 1.37 bits per heavy atom. The zero-order valence-electron chi connectivity index (χ0n) is 10.4. The summed E-state index contributed by atoms with van der Waals surface area (Å²) in [6.07, 6.45) is 4.16. The van der Waals surface area contributed by atoms with Gasteiger partial charge in [-0.25, -0.2) is 0 Å². The van der Waals surface area contributed by atoms with E-state index in [-0.39, 0.29) is 5.91 Å². The van der Waals surface area contributed by atoms with Gasteiger partial charge in [0.2, 0.25) is 0 Å². The largest absolute Gasteiger partial charge is 0.399 e. The van der Waals surface area contributed by atoms with E-state index in [0.29, 0.717) is 30.0 Å². The summed E-state index contributed by atoms with van der Waals surface area (Å²) in [6.45, 7) is 1.25. The van der Waals surface area contributed by atoms with Gasteiger partial charge in [0.25, 0.3) is 5.91 Å². The SMILES string of the molecule is Nc1ccc(C(=O)NCCCn2ccnn2)c(N)c1. The van der Waals surface area contributed by atoms with Crippen LogP contribution in [0.3, 0.4) is 0 Å². The number of nitrogens with zero attached hydrogens (tertiary/aromatic N) is 3. The summed E-state index contributed by atoms with van der Waals surface area (Å²) < 4.78 is 1.71. The first-order chi connectivity index (χ1) is 9.16. The standard InChI is InChI=1S/C12H16N6O/c13-9-2-3-10(11(14)8-9)12(19)15-4-1-6-18-7-5-16-17-18/h2-3,5,7-8H,1,4,6,13-14H2,(H,15,19). The van der Waals surface area contributed by atoms with Crippen LogP contribution >= 0.6 is 0 Å². The van der Waals surface area contributed by atoms with Crippen molar-refractivity contribution in [3.63, 3.8) is 0 Å². The number of benzene rings is 1. The third-order valence-electron chi connectivity index (χ3n) is 2.64. The molecule has 2 aromatic rings. The molecule has 1 amide bonds. The van der Waals surface area contributed by atoms with Crippen molar-refractivity contribution in [3.8, 4) is 0 Å². The highest BCUT2D eigenvalue weighted by Crippen LogP contribution is 2.15. The Morgan fingerprint density at radius 2 is 2.21 bits per heavy atom. The van der Waals surface area contributed by atoms with Crippen LogP contribution in [0.4, 0.5) is 11.4 Å². The Morgan fingerprint density at radius 3 is 2.89 bits per heavy atom. The third kappa shape index (κ3) is 3.44. The third-order valence-corrected chi connectivity index (χ3v) is 2.64. The van der Waals surface area contributed by atoms with Crippen molar-refractivity contribution in [2.75, 3.05) is 18.0 Å². The van der Waals surface area contributed by atoms with E-state index in [4.69, 9.17) is 11.5 Å². The van der Waals surface area contributed by atoms with Gasteiger partial charge < -0.3 is 16.8 Å². The molecule has 7 heteroatoms. The lowest BCUT2D eigenvalue weighted by Gasteiger charge is -2.08. The first-order valence-electron chi connectivity index (χ1n) is 5.94. The monoisotopic (exact) mass is 260 g/mol. The molecule has 0 unspecified atom stereocenters. The summed E-state index contributed by atoms with van der Waals surface area (Å²) in [5, 5.41) is 10.3. The Balaban J connectivity index is 1.81. The summed E-state index contributed by atoms with van der Waals surface area (Å²) in [6, 6.07) is 4.85. The summed E-state index contributed by atoms with van der Waals surface area (Å²) in [5.41, 5.74) is 12.7. The quantitative estimate of drug-likeness (QED) is 0.527. The first kappa shape index (κ1) is 12.9. The van der Waals surface area contributed by atoms with Crippen LogP contribution in [0.15, 0.2) is 30.6 Å². The minimum Gasteiger partial charge on any atom is -0.399 e. The minimum absolute atomic E-state index is 0.198. The molecule has 1 aromatic carbocycles. The molecule has 0 saturated carbocycles. The molecule has 0 radical (unpaired) electrons. The predicted molar refractivity (Wildman–Crippen MR) is 72.2 cm³/mol. The van der Waals surface area contributed by atoms with Crippen LogP contribution < -0.4 is 16.8 Å². The Hall–Kier alpha value is -2.57. The number of aromatic nitrogens is 3. The molecule has 0 aliphatic carbocycles. The van der Waals surface area contributed by atoms with Crippen molar-refractivity contribution < 1.29 is 4.79 Å². The fourth-order valence-corrected chi connectivity index (χ4v) is 1.68. The number of nitrogens with two attached hydrogens (primary N) is 2. The number of hydrogen-bond acceptors (Lipinski definition) is 5. The second-order valence-electron chi connectivity index (χ2n) is 4.12. The van der Waals surface area contributed by atoms with Gasteiger partial charge in [-0.15, -0.1) is 5.10 Å². The number of rotatable bonds is 5. The number of aryl methyl sites for hydroxylation is 1. The molecule has 2 rings (SSSR count). The average molecular weight is 260 g/mol. The Kier molecular flexibility index (Phi) is 3.97. The highest BCUT2D eigenvalue weighted by molar-refractivity contribution is 5.99.